The third-order valence-electron chi connectivity index (χ3n) is 3.76. The molecule has 3 aromatic rings. The molecule has 0 spiro atoms. The Morgan fingerprint density at radius 1 is 1.04 bits per heavy atom. The van der Waals surface area contributed by atoms with Crippen molar-refractivity contribution >= 4 is 39.0 Å². The van der Waals surface area contributed by atoms with Crippen LogP contribution < -0.4 is 5.73 Å². The number of hydrogen-bond donors (Lipinski definition) is 1. The molecule has 0 amide bonds. The highest BCUT2D eigenvalue weighted by Crippen LogP contribution is 2.32. The molecule has 2 aromatic heterocycles. The summed E-state index contributed by atoms with van der Waals surface area (Å²) in [7, 11) is 1.65. The Morgan fingerprint density at radius 3 is 2.61 bits per heavy atom. The lowest BCUT2D eigenvalue weighted by molar-refractivity contribution is 0.0286. The molecular weight excluding hydrogens is 400 g/mol. The standard InChI is InChI=1S/C19H22FN3O3S2/c1-24-6-7-25-8-9-26-10-11-27-13-2-4-15-17(12-13)28-19(23-15)16-5-3-14(21)18(20)22-16/h2-5,12H,6-11,21H2,1H3/i20-1. The molecule has 0 aliphatic carbocycles. The fourth-order valence-corrected chi connectivity index (χ4v) is 4.20. The SMILES string of the molecule is COCCOCCOCCSc1ccc2nc(-c3ccc(N)c([18F])n3)sc2c1. The molecule has 0 saturated carbocycles. The molecule has 0 aliphatic rings. The number of nitrogens with two attached hydrogens (primary N) is 1. The zero-order valence-corrected chi connectivity index (χ0v) is 17.2. The number of nitrogen functional groups attached to an aromatic ring is 1. The summed E-state index contributed by atoms with van der Waals surface area (Å²) < 4.78 is 30.4. The number of ether oxygens (including phenoxy) is 3. The summed E-state index contributed by atoms with van der Waals surface area (Å²) in [6.07, 6.45) is 0. The largest absolute Gasteiger partial charge is 0.395 e. The molecule has 1 aromatic carbocycles. The van der Waals surface area contributed by atoms with Crippen molar-refractivity contribution in [1.82, 2.24) is 9.97 Å². The van der Waals surface area contributed by atoms with Gasteiger partial charge in [0.2, 0.25) is 5.95 Å². The molecule has 0 unspecified atom stereocenters. The first-order valence-electron chi connectivity index (χ1n) is 8.77. The van der Waals surface area contributed by atoms with E-state index in [4.69, 9.17) is 19.9 Å². The van der Waals surface area contributed by atoms with E-state index in [1.165, 1.54) is 17.4 Å². The predicted octanol–water partition coefficient (Wildman–Crippen LogP) is 3.85. The molecule has 0 bridgehead atoms. The minimum absolute atomic E-state index is 0.0345. The number of nitrogens with zero attached hydrogens (tertiary/aromatic N) is 2. The van der Waals surface area contributed by atoms with Crippen molar-refractivity contribution in [2.75, 3.05) is 51.6 Å². The number of methoxy groups -OCH3 is 1. The van der Waals surface area contributed by atoms with E-state index in [2.05, 4.69) is 16.0 Å². The van der Waals surface area contributed by atoms with E-state index in [0.29, 0.717) is 43.7 Å². The number of pyridine rings is 1. The van der Waals surface area contributed by atoms with Gasteiger partial charge in [-0.25, -0.2) is 9.97 Å². The first-order valence-corrected chi connectivity index (χ1v) is 10.6. The lowest BCUT2D eigenvalue weighted by atomic mass is 10.3. The van der Waals surface area contributed by atoms with Crippen LogP contribution in [0.1, 0.15) is 0 Å². The van der Waals surface area contributed by atoms with Crippen LogP contribution in [0.15, 0.2) is 35.2 Å². The molecule has 2 heterocycles. The molecule has 0 fully saturated rings. The Bertz CT molecular complexity index is 907. The van der Waals surface area contributed by atoms with Crippen LogP contribution in [0.2, 0.25) is 0 Å². The molecule has 9 heteroatoms. The number of hydrogen-bond acceptors (Lipinski definition) is 8. The number of rotatable bonds is 11. The maximum Gasteiger partial charge on any atom is 0.236 e. The van der Waals surface area contributed by atoms with E-state index in [1.54, 1.807) is 24.9 Å². The molecular formula is C19H22FN3O3S2. The van der Waals surface area contributed by atoms with Gasteiger partial charge >= 0.3 is 0 Å². The highest BCUT2D eigenvalue weighted by molar-refractivity contribution is 7.99. The summed E-state index contributed by atoms with van der Waals surface area (Å²) in [6.45, 7) is 2.99. The van der Waals surface area contributed by atoms with E-state index in [0.717, 1.165) is 20.9 Å². The van der Waals surface area contributed by atoms with E-state index in [-0.39, 0.29) is 5.69 Å². The summed E-state index contributed by atoms with van der Waals surface area (Å²) in [5, 5.41) is 0.674. The van der Waals surface area contributed by atoms with Crippen LogP contribution in [0.3, 0.4) is 0 Å². The molecule has 0 aliphatic heterocycles. The van der Waals surface area contributed by atoms with Crippen LogP contribution in [0.4, 0.5) is 10.1 Å². The van der Waals surface area contributed by atoms with Gasteiger partial charge < -0.3 is 19.9 Å². The molecule has 3 rings (SSSR count). The number of fused-ring (bicyclic) bond motifs is 1. The van der Waals surface area contributed by atoms with Crippen molar-refractivity contribution in [2.24, 2.45) is 0 Å². The number of aromatic nitrogens is 2. The summed E-state index contributed by atoms with van der Waals surface area (Å²) in [6, 6.07) is 9.27. The fourth-order valence-electron chi connectivity index (χ4n) is 2.35. The van der Waals surface area contributed by atoms with E-state index in [1.807, 2.05) is 12.1 Å². The second kappa shape index (κ2) is 10.7. The highest BCUT2D eigenvalue weighted by atomic mass is 32.2. The van der Waals surface area contributed by atoms with Crippen LogP contribution in [0.5, 0.6) is 0 Å². The van der Waals surface area contributed by atoms with E-state index >= 15 is 0 Å². The Labute approximate surface area is 171 Å². The van der Waals surface area contributed by atoms with Crippen LogP contribution in [-0.2, 0) is 14.2 Å². The van der Waals surface area contributed by atoms with Gasteiger partial charge in [0.05, 0.1) is 48.9 Å². The number of anilines is 1. The first kappa shape index (κ1) is 20.9. The van der Waals surface area contributed by atoms with Crippen LogP contribution in [0, 0.1) is 5.95 Å². The van der Waals surface area contributed by atoms with Gasteiger partial charge in [-0.1, -0.05) is 0 Å². The number of thiazole rings is 1. The van der Waals surface area contributed by atoms with Crippen molar-refractivity contribution in [3.05, 3.63) is 36.3 Å². The number of halogens is 1. The molecule has 0 atom stereocenters. The molecule has 2 N–H and O–H groups in total. The minimum atomic E-state index is -0.669. The van der Waals surface area contributed by atoms with Crippen molar-refractivity contribution in [3.8, 4) is 10.7 Å². The van der Waals surface area contributed by atoms with Crippen molar-refractivity contribution < 1.29 is 18.6 Å². The third kappa shape index (κ3) is 5.86. The van der Waals surface area contributed by atoms with Gasteiger partial charge in [0.25, 0.3) is 0 Å². The fraction of sp³-hybridized carbons (Fsp3) is 0.368. The van der Waals surface area contributed by atoms with E-state index in [9.17, 15) is 4.39 Å². The quantitative estimate of drug-likeness (QED) is 0.286. The monoisotopic (exact) mass is 422 g/mol. The molecule has 0 radical (unpaired) electrons. The zero-order chi connectivity index (χ0) is 19.8. The van der Waals surface area contributed by atoms with E-state index < -0.39 is 5.95 Å². The van der Waals surface area contributed by atoms with Crippen molar-refractivity contribution in [1.29, 1.82) is 0 Å². The lowest BCUT2D eigenvalue weighted by Crippen LogP contribution is -2.09. The van der Waals surface area contributed by atoms with Crippen molar-refractivity contribution in [2.45, 2.75) is 4.90 Å². The second-order valence-corrected chi connectivity index (χ2v) is 7.99. The molecule has 6 nitrogen and oxygen atoms in total. The number of benzene rings is 1. The van der Waals surface area contributed by atoms with Gasteiger partial charge in [-0.2, -0.15) is 4.39 Å². The van der Waals surface area contributed by atoms with Gasteiger partial charge in [-0.05, 0) is 30.3 Å². The van der Waals surface area contributed by atoms with Gasteiger partial charge in [-0.3, -0.25) is 0 Å². The van der Waals surface area contributed by atoms with Gasteiger partial charge in [0, 0.05) is 17.8 Å². The maximum atomic E-state index is 13.6. The number of thioether (sulfide) groups is 1. The van der Waals surface area contributed by atoms with Gasteiger partial charge in [0.1, 0.15) is 10.7 Å². The zero-order valence-electron chi connectivity index (χ0n) is 15.5. The molecule has 28 heavy (non-hydrogen) atoms. The van der Waals surface area contributed by atoms with Gasteiger partial charge in [-0.15, -0.1) is 23.1 Å². The Hall–Kier alpha value is -1.78. The van der Waals surface area contributed by atoms with Crippen LogP contribution >= 0.6 is 23.1 Å². The molecule has 150 valence electrons. The molecule has 0 saturated heterocycles. The minimum Gasteiger partial charge on any atom is -0.395 e. The smallest absolute Gasteiger partial charge is 0.236 e. The lowest BCUT2D eigenvalue weighted by Gasteiger charge is -2.05. The Kier molecular flexibility index (Phi) is 7.99. The van der Waals surface area contributed by atoms with Crippen LogP contribution in [-0.4, -0.2) is 55.9 Å². The normalized spacial score (nSPS) is 11.4. The first-order chi connectivity index (χ1) is 13.7. The predicted molar refractivity (Wildman–Crippen MR) is 111 cm³/mol. The summed E-state index contributed by atoms with van der Waals surface area (Å²) in [5.74, 6) is 0.178. The summed E-state index contributed by atoms with van der Waals surface area (Å²) in [4.78, 5) is 9.56. The topological polar surface area (TPSA) is 79.5 Å². The van der Waals surface area contributed by atoms with Crippen molar-refractivity contribution in [3.63, 3.8) is 0 Å². The maximum absolute atomic E-state index is 13.6. The summed E-state index contributed by atoms with van der Waals surface area (Å²) >= 11 is 3.20. The van der Waals surface area contributed by atoms with Gasteiger partial charge in [0.15, 0.2) is 0 Å². The second-order valence-electron chi connectivity index (χ2n) is 5.79. The Balaban J connectivity index is 1.50. The van der Waals surface area contributed by atoms with Crippen LogP contribution in [0.25, 0.3) is 20.9 Å². The average molecular weight is 423 g/mol. The Morgan fingerprint density at radius 2 is 1.82 bits per heavy atom. The highest BCUT2D eigenvalue weighted by Gasteiger charge is 2.10. The average Bonchev–Trinajstić information content (AvgIpc) is 3.12. The summed E-state index contributed by atoms with van der Waals surface area (Å²) in [5.41, 5.74) is 6.88. The third-order valence-corrected chi connectivity index (χ3v) is 5.76.